The van der Waals surface area contributed by atoms with Gasteiger partial charge in [0.25, 0.3) is 0 Å². The van der Waals surface area contributed by atoms with E-state index in [4.69, 9.17) is 34.8 Å². The van der Waals surface area contributed by atoms with Gasteiger partial charge in [0.15, 0.2) is 0 Å². The average Bonchev–Trinajstić information content (AvgIpc) is 2.37. The highest BCUT2D eigenvalue weighted by atomic mass is 35.5. The summed E-state index contributed by atoms with van der Waals surface area (Å²) in [6.45, 7) is 0.394. The fourth-order valence-electron chi connectivity index (χ4n) is 1.76. The van der Waals surface area contributed by atoms with Crippen molar-refractivity contribution in [3.05, 3.63) is 63.1 Å². The number of nitrogens with zero attached hydrogens (tertiary/aromatic N) is 1. The molecule has 0 saturated carbocycles. The Hall–Kier alpha value is -1.22. The van der Waals surface area contributed by atoms with Crippen LogP contribution in [-0.4, -0.2) is 6.41 Å². The molecule has 0 aliphatic carbocycles. The van der Waals surface area contributed by atoms with Crippen LogP contribution in [0.4, 0.5) is 5.69 Å². The van der Waals surface area contributed by atoms with Crippen molar-refractivity contribution in [2.45, 2.75) is 6.54 Å². The van der Waals surface area contributed by atoms with E-state index < -0.39 is 0 Å². The first kappa shape index (κ1) is 14.2. The summed E-state index contributed by atoms with van der Waals surface area (Å²) < 4.78 is 0. The van der Waals surface area contributed by atoms with Crippen molar-refractivity contribution >= 4 is 46.9 Å². The number of carbonyl (C=O) groups is 1. The maximum absolute atomic E-state index is 11.3. The van der Waals surface area contributed by atoms with E-state index in [1.807, 2.05) is 30.3 Å². The molecule has 0 aliphatic heterocycles. The number of benzene rings is 2. The molecule has 0 radical (unpaired) electrons. The van der Waals surface area contributed by atoms with Crippen LogP contribution in [0.15, 0.2) is 42.5 Å². The van der Waals surface area contributed by atoms with Crippen molar-refractivity contribution in [2.75, 3.05) is 4.90 Å². The summed E-state index contributed by atoms with van der Waals surface area (Å²) in [6, 6.07) is 12.7. The van der Waals surface area contributed by atoms with Gasteiger partial charge in [0.2, 0.25) is 6.41 Å². The molecule has 0 spiro atoms. The topological polar surface area (TPSA) is 20.3 Å². The number of halogens is 3. The predicted molar refractivity (Wildman–Crippen MR) is 80.2 cm³/mol. The Bertz CT molecular complexity index is 563. The molecule has 0 bridgehead atoms. The van der Waals surface area contributed by atoms with Crippen molar-refractivity contribution in [2.24, 2.45) is 0 Å². The number of rotatable bonds is 4. The molecule has 0 atom stereocenters. The third kappa shape index (κ3) is 3.41. The minimum atomic E-state index is 0.348. The number of anilines is 1. The first-order chi connectivity index (χ1) is 9.11. The van der Waals surface area contributed by atoms with E-state index in [9.17, 15) is 4.79 Å². The summed E-state index contributed by atoms with van der Waals surface area (Å²) in [5.74, 6) is 0. The summed E-state index contributed by atoms with van der Waals surface area (Å²) >= 11 is 18.1. The molecular formula is C14H10Cl3NO. The Labute approximate surface area is 126 Å². The Balaban J connectivity index is 2.35. The summed E-state index contributed by atoms with van der Waals surface area (Å²) in [7, 11) is 0. The Kier molecular flexibility index (Phi) is 4.70. The molecule has 0 N–H and O–H groups in total. The summed E-state index contributed by atoms with van der Waals surface area (Å²) in [5, 5.41) is 1.13. The molecule has 1 amide bonds. The zero-order valence-electron chi connectivity index (χ0n) is 9.82. The maximum atomic E-state index is 11.3. The van der Waals surface area contributed by atoms with E-state index in [0.29, 0.717) is 33.7 Å². The highest BCUT2D eigenvalue weighted by molar-refractivity contribution is 6.42. The molecule has 0 fully saturated rings. The number of hydrogen-bond donors (Lipinski definition) is 0. The second-order valence-electron chi connectivity index (χ2n) is 3.94. The smallest absolute Gasteiger partial charge is 0.214 e. The third-order valence-electron chi connectivity index (χ3n) is 2.59. The lowest BCUT2D eigenvalue weighted by atomic mass is 10.2. The number of hydrogen-bond acceptors (Lipinski definition) is 1. The van der Waals surface area contributed by atoms with Gasteiger partial charge in [-0.2, -0.15) is 0 Å². The number of amides is 1. The molecule has 98 valence electrons. The van der Waals surface area contributed by atoms with E-state index >= 15 is 0 Å². The van der Waals surface area contributed by atoms with Gasteiger partial charge in [0.1, 0.15) is 0 Å². The highest BCUT2D eigenvalue weighted by Crippen LogP contribution is 2.36. The zero-order valence-corrected chi connectivity index (χ0v) is 12.1. The van der Waals surface area contributed by atoms with E-state index in [-0.39, 0.29) is 0 Å². The fourth-order valence-corrected chi connectivity index (χ4v) is 2.79. The molecule has 0 heterocycles. The second-order valence-corrected chi connectivity index (χ2v) is 5.19. The van der Waals surface area contributed by atoms with Crippen LogP contribution in [0.5, 0.6) is 0 Å². The van der Waals surface area contributed by atoms with Crippen LogP contribution in [0.25, 0.3) is 0 Å². The van der Waals surface area contributed by atoms with Crippen molar-refractivity contribution in [1.82, 2.24) is 0 Å². The molecule has 0 unspecified atom stereocenters. The van der Waals surface area contributed by atoms with Gasteiger partial charge in [-0.25, -0.2) is 0 Å². The summed E-state index contributed by atoms with van der Waals surface area (Å²) in [4.78, 5) is 12.7. The zero-order chi connectivity index (χ0) is 13.8. The summed E-state index contributed by atoms with van der Waals surface area (Å²) in [5.41, 5.74) is 1.45. The van der Waals surface area contributed by atoms with Crippen LogP contribution in [0.1, 0.15) is 5.56 Å². The van der Waals surface area contributed by atoms with Crippen molar-refractivity contribution in [1.29, 1.82) is 0 Å². The van der Waals surface area contributed by atoms with Gasteiger partial charge in [-0.3, -0.25) is 4.79 Å². The minimum Gasteiger partial charge on any atom is -0.308 e. The van der Waals surface area contributed by atoms with Crippen LogP contribution in [0.3, 0.4) is 0 Å². The van der Waals surface area contributed by atoms with E-state index in [1.54, 1.807) is 12.1 Å². The number of carbonyl (C=O) groups excluding carboxylic acids is 1. The lowest BCUT2D eigenvalue weighted by Gasteiger charge is -2.20. The largest absolute Gasteiger partial charge is 0.308 e. The van der Waals surface area contributed by atoms with Gasteiger partial charge >= 0.3 is 0 Å². The monoisotopic (exact) mass is 313 g/mol. The second kappa shape index (κ2) is 6.29. The quantitative estimate of drug-likeness (QED) is 0.742. The average molecular weight is 315 g/mol. The highest BCUT2D eigenvalue weighted by Gasteiger charge is 2.15. The van der Waals surface area contributed by atoms with Gasteiger partial charge in [0.05, 0.1) is 22.3 Å². The fraction of sp³-hybridized carbons (Fsp3) is 0.0714. The molecule has 2 aromatic carbocycles. The van der Waals surface area contributed by atoms with Crippen LogP contribution in [-0.2, 0) is 11.3 Å². The molecule has 2 rings (SSSR count). The molecule has 19 heavy (non-hydrogen) atoms. The Morgan fingerprint density at radius 2 is 1.58 bits per heavy atom. The SMILES string of the molecule is O=CN(Cc1ccccc1)c1c(Cl)cc(Cl)cc1Cl. The van der Waals surface area contributed by atoms with Crippen LogP contribution in [0.2, 0.25) is 15.1 Å². The van der Waals surface area contributed by atoms with Crippen molar-refractivity contribution in [3.63, 3.8) is 0 Å². The van der Waals surface area contributed by atoms with Crippen LogP contribution >= 0.6 is 34.8 Å². The standard InChI is InChI=1S/C14H10Cl3NO/c15-11-6-12(16)14(13(17)7-11)18(9-19)8-10-4-2-1-3-5-10/h1-7,9H,8H2. The first-order valence-electron chi connectivity index (χ1n) is 5.52. The predicted octanol–water partition coefficient (Wildman–Crippen LogP) is 4.81. The van der Waals surface area contributed by atoms with E-state index in [0.717, 1.165) is 5.56 Å². The van der Waals surface area contributed by atoms with Gasteiger partial charge in [-0.05, 0) is 17.7 Å². The molecule has 2 nitrogen and oxygen atoms in total. The molecule has 2 aromatic rings. The van der Waals surface area contributed by atoms with Crippen molar-refractivity contribution < 1.29 is 4.79 Å². The molecule has 5 heteroatoms. The maximum Gasteiger partial charge on any atom is 0.214 e. The molecule has 0 aliphatic rings. The van der Waals surface area contributed by atoms with Gasteiger partial charge in [-0.1, -0.05) is 65.1 Å². The lowest BCUT2D eigenvalue weighted by Crippen LogP contribution is -2.21. The Morgan fingerprint density at radius 3 is 2.11 bits per heavy atom. The Morgan fingerprint density at radius 1 is 1.00 bits per heavy atom. The van der Waals surface area contributed by atoms with Gasteiger partial charge < -0.3 is 4.90 Å². The molecular weight excluding hydrogens is 305 g/mol. The van der Waals surface area contributed by atoms with E-state index in [1.165, 1.54) is 4.90 Å². The molecule has 0 saturated heterocycles. The van der Waals surface area contributed by atoms with Crippen LogP contribution < -0.4 is 4.90 Å². The summed E-state index contributed by atoms with van der Waals surface area (Å²) in [6.07, 6.45) is 0.702. The first-order valence-corrected chi connectivity index (χ1v) is 6.65. The van der Waals surface area contributed by atoms with E-state index in [2.05, 4.69) is 0 Å². The minimum absolute atomic E-state index is 0.348. The van der Waals surface area contributed by atoms with Gasteiger partial charge in [-0.15, -0.1) is 0 Å². The normalized spacial score (nSPS) is 10.3. The lowest BCUT2D eigenvalue weighted by molar-refractivity contribution is -0.107. The van der Waals surface area contributed by atoms with Crippen molar-refractivity contribution in [3.8, 4) is 0 Å². The van der Waals surface area contributed by atoms with Gasteiger partial charge in [0, 0.05) is 5.02 Å². The molecule has 0 aromatic heterocycles. The third-order valence-corrected chi connectivity index (χ3v) is 3.39. The van der Waals surface area contributed by atoms with Crippen LogP contribution in [0, 0.1) is 0 Å².